The molecule has 194 valence electrons. The van der Waals surface area contributed by atoms with Crippen LogP contribution in [0.1, 0.15) is 64.4 Å². The van der Waals surface area contributed by atoms with Crippen LogP contribution in [-0.2, 0) is 14.3 Å². The van der Waals surface area contributed by atoms with Gasteiger partial charge in [-0.15, -0.1) is 0 Å². The number of pyridine rings is 1. The Morgan fingerprint density at radius 1 is 1.06 bits per heavy atom. The molecule has 6 rings (SSSR count). The van der Waals surface area contributed by atoms with Crippen LogP contribution in [-0.4, -0.2) is 60.8 Å². The summed E-state index contributed by atoms with van der Waals surface area (Å²) >= 11 is 6.79. The van der Waals surface area contributed by atoms with Crippen molar-refractivity contribution in [1.82, 2.24) is 9.88 Å². The number of hydrogen-bond acceptors (Lipinski definition) is 5. The van der Waals surface area contributed by atoms with E-state index in [-0.39, 0.29) is 28.2 Å². The van der Waals surface area contributed by atoms with E-state index in [0.717, 1.165) is 87.4 Å². The lowest BCUT2D eigenvalue weighted by Gasteiger charge is -2.48. The van der Waals surface area contributed by atoms with Crippen molar-refractivity contribution in [2.45, 2.75) is 64.3 Å². The van der Waals surface area contributed by atoms with Gasteiger partial charge in [0.1, 0.15) is 5.82 Å². The Labute approximate surface area is 219 Å². The van der Waals surface area contributed by atoms with Crippen molar-refractivity contribution in [2.24, 2.45) is 16.7 Å². The topological polar surface area (TPSA) is 63.7 Å². The van der Waals surface area contributed by atoms with Crippen LogP contribution in [0.5, 0.6) is 0 Å². The highest BCUT2D eigenvalue weighted by Crippen LogP contribution is 2.59. The Morgan fingerprint density at radius 2 is 1.81 bits per heavy atom. The molecule has 36 heavy (non-hydrogen) atoms. The highest BCUT2D eigenvalue weighted by Gasteiger charge is 2.58. The molecule has 3 saturated heterocycles. The second-order valence-electron chi connectivity index (χ2n) is 12.4. The number of hydrogen-bond donors (Lipinski definition) is 1. The molecule has 3 aliphatic heterocycles. The van der Waals surface area contributed by atoms with E-state index in [1.54, 1.807) is 0 Å². The van der Waals surface area contributed by atoms with Crippen LogP contribution in [0.2, 0.25) is 5.02 Å². The Morgan fingerprint density at radius 3 is 2.50 bits per heavy atom. The Balaban J connectivity index is 1.16. The molecule has 1 aliphatic carbocycles. The van der Waals surface area contributed by atoms with Gasteiger partial charge in [-0.3, -0.25) is 9.69 Å². The first kappa shape index (κ1) is 24.6. The summed E-state index contributed by atoms with van der Waals surface area (Å²) in [6.45, 7) is 12.3. The minimum atomic E-state index is 0.0781. The van der Waals surface area contributed by atoms with Crippen LogP contribution in [0.3, 0.4) is 0 Å². The normalized spacial score (nSPS) is 30.1. The molecule has 7 heteroatoms. The van der Waals surface area contributed by atoms with Gasteiger partial charge in [-0.1, -0.05) is 25.4 Å². The predicted molar refractivity (Wildman–Crippen MR) is 143 cm³/mol. The highest BCUT2D eigenvalue weighted by atomic mass is 35.5. The number of anilines is 1. The van der Waals surface area contributed by atoms with E-state index >= 15 is 0 Å². The molecule has 1 amide bonds. The van der Waals surface area contributed by atoms with E-state index in [0.29, 0.717) is 11.7 Å². The van der Waals surface area contributed by atoms with E-state index in [9.17, 15) is 4.79 Å². The lowest BCUT2D eigenvalue weighted by molar-refractivity contribution is -0.118. The third-order valence-electron chi connectivity index (χ3n) is 10.0. The zero-order chi connectivity index (χ0) is 25.1. The minimum Gasteiger partial charge on any atom is -0.381 e. The number of benzene rings is 1. The molecule has 1 N–H and O–H groups in total. The van der Waals surface area contributed by atoms with E-state index in [1.807, 2.05) is 18.3 Å². The zero-order valence-electron chi connectivity index (χ0n) is 21.7. The number of rotatable bonds is 4. The van der Waals surface area contributed by atoms with Crippen LogP contribution in [0.25, 0.3) is 10.8 Å². The monoisotopic (exact) mass is 511 g/mol. The molecule has 1 aromatic carbocycles. The Kier molecular flexibility index (Phi) is 6.11. The lowest BCUT2D eigenvalue weighted by atomic mass is 9.73. The maximum atomic E-state index is 12.9. The van der Waals surface area contributed by atoms with Crippen LogP contribution >= 0.6 is 11.6 Å². The number of aromatic nitrogens is 1. The summed E-state index contributed by atoms with van der Waals surface area (Å²) in [7, 11) is 0. The Bertz CT molecular complexity index is 1170. The van der Waals surface area contributed by atoms with Crippen molar-refractivity contribution in [2.75, 3.05) is 44.8 Å². The molecule has 1 aromatic heterocycles. The number of likely N-dealkylation sites (tertiary alicyclic amines) is 1. The smallest absolute Gasteiger partial charge is 0.229 e. The standard InChI is InChI=1S/C29H38ClN3O3/c1-27(2)17-36-18-28(27,3)33-8-4-19(5-9-33)22-12-20-14-25(31-16-21(20)13-24(22)30)32-26(34)23-15-29(23)6-10-35-11-7-29/h12-14,16,19,23H,4-11,15,17-18H2,1-3H3,(H,31,32,34)/t23-,28+/m1/s1. The fraction of sp³-hybridized carbons (Fsp3) is 0.655. The number of piperidine rings is 1. The molecule has 4 heterocycles. The van der Waals surface area contributed by atoms with Gasteiger partial charge >= 0.3 is 0 Å². The third-order valence-corrected chi connectivity index (χ3v) is 10.3. The second-order valence-corrected chi connectivity index (χ2v) is 12.8. The maximum Gasteiger partial charge on any atom is 0.229 e. The van der Waals surface area contributed by atoms with Gasteiger partial charge in [-0.05, 0) is 92.6 Å². The summed E-state index contributed by atoms with van der Waals surface area (Å²) in [5.41, 5.74) is 1.60. The molecule has 0 bridgehead atoms. The lowest BCUT2D eigenvalue weighted by Crippen LogP contribution is -2.57. The first-order valence-electron chi connectivity index (χ1n) is 13.5. The summed E-state index contributed by atoms with van der Waals surface area (Å²) in [6.07, 6.45) is 6.93. The summed E-state index contributed by atoms with van der Waals surface area (Å²) in [4.78, 5) is 20.1. The number of fused-ring (bicyclic) bond motifs is 1. The van der Waals surface area contributed by atoms with Crippen LogP contribution in [0.15, 0.2) is 24.4 Å². The average Bonchev–Trinajstić information content (AvgIpc) is 3.48. The summed E-state index contributed by atoms with van der Waals surface area (Å²) in [5.74, 6) is 1.24. The SMILES string of the molecule is CC1(C)COC[C@]1(C)N1CCC(c2cc3cc(NC(=O)[C@H]4CC45CCOCC5)ncc3cc2Cl)CC1. The molecule has 0 unspecified atom stereocenters. The molecule has 4 fully saturated rings. The highest BCUT2D eigenvalue weighted by molar-refractivity contribution is 6.32. The van der Waals surface area contributed by atoms with Gasteiger partial charge in [-0.25, -0.2) is 4.98 Å². The third kappa shape index (κ3) is 4.14. The number of nitrogens with zero attached hydrogens (tertiary/aromatic N) is 2. The first-order valence-corrected chi connectivity index (χ1v) is 13.9. The van der Waals surface area contributed by atoms with Crippen LogP contribution < -0.4 is 5.32 Å². The maximum absolute atomic E-state index is 12.9. The number of ether oxygens (including phenoxy) is 2. The van der Waals surface area contributed by atoms with E-state index in [4.69, 9.17) is 21.1 Å². The van der Waals surface area contributed by atoms with Crippen molar-refractivity contribution in [3.05, 3.63) is 35.0 Å². The zero-order valence-corrected chi connectivity index (χ0v) is 22.5. The summed E-state index contributed by atoms with van der Waals surface area (Å²) in [6, 6.07) is 6.25. The minimum absolute atomic E-state index is 0.0781. The molecule has 6 nitrogen and oxygen atoms in total. The largest absolute Gasteiger partial charge is 0.381 e. The van der Waals surface area contributed by atoms with Crippen molar-refractivity contribution >= 4 is 34.1 Å². The van der Waals surface area contributed by atoms with E-state index in [1.165, 1.54) is 5.56 Å². The van der Waals surface area contributed by atoms with E-state index in [2.05, 4.69) is 42.0 Å². The molecule has 1 spiro atoms. The average molecular weight is 512 g/mol. The van der Waals surface area contributed by atoms with Crippen LogP contribution in [0, 0.1) is 16.7 Å². The van der Waals surface area contributed by atoms with Crippen molar-refractivity contribution in [3.63, 3.8) is 0 Å². The van der Waals surface area contributed by atoms with Crippen molar-refractivity contribution < 1.29 is 14.3 Å². The fourth-order valence-corrected chi connectivity index (χ4v) is 7.21. The van der Waals surface area contributed by atoms with Gasteiger partial charge in [0, 0.05) is 46.7 Å². The second kappa shape index (κ2) is 8.93. The Hall–Kier alpha value is -1.73. The van der Waals surface area contributed by atoms with Crippen molar-refractivity contribution in [3.8, 4) is 0 Å². The summed E-state index contributed by atoms with van der Waals surface area (Å²) in [5, 5.41) is 5.99. The van der Waals surface area contributed by atoms with Gasteiger partial charge in [0.25, 0.3) is 0 Å². The van der Waals surface area contributed by atoms with Gasteiger partial charge < -0.3 is 14.8 Å². The predicted octanol–water partition coefficient (Wildman–Crippen LogP) is 5.64. The van der Waals surface area contributed by atoms with Gasteiger partial charge in [0.15, 0.2) is 0 Å². The van der Waals surface area contributed by atoms with Crippen molar-refractivity contribution in [1.29, 1.82) is 0 Å². The van der Waals surface area contributed by atoms with E-state index < -0.39 is 0 Å². The fourth-order valence-electron chi connectivity index (χ4n) is 6.89. The molecule has 1 saturated carbocycles. The number of amides is 1. The molecule has 2 atom stereocenters. The molecule has 2 aromatic rings. The number of halogens is 1. The van der Waals surface area contributed by atoms with Gasteiger partial charge in [-0.2, -0.15) is 0 Å². The number of carbonyl (C=O) groups is 1. The molecule has 0 radical (unpaired) electrons. The molecular weight excluding hydrogens is 474 g/mol. The summed E-state index contributed by atoms with van der Waals surface area (Å²) < 4.78 is 11.4. The first-order chi connectivity index (χ1) is 17.2. The quantitative estimate of drug-likeness (QED) is 0.575. The van der Waals surface area contributed by atoms with Gasteiger partial charge in [0.2, 0.25) is 5.91 Å². The number of carbonyl (C=O) groups excluding carboxylic acids is 1. The molecule has 4 aliphatic rings. The van der Waals surface area contributed by atoms with Crippen LogP contribution in [0.4, 0.5) is 5.82 Å². The van der Waals surface area contributed by atoms with Gasteiger partial charge in [0.05, 0.1) is 13.2 Å². The molecular formula is C29H38ClN3O3. The number of nitrogens with one attached hydrogen (secondary N) is 1.